The largest absolute Gasteiger partial charge is 0.157 e. The molecule has 17 heavy (non-hydrogen) atoms. The monoisotopic (exact) mass is 370 g/mol. The van der Waals surface area contributed by atoms with Crippen molar-refractivity contribution in [3.8, 4) is 0 Å². The van der Waals surface area contributed by atoms with E-state index in [1.807, 2.05) is 11.8 Å². The molecule has 0 N–H and O–H groups in total. The van der Waals surface area contributed by atoms with Gasteiger partial charge in [-0.05, 0) is 29.2 Å². The smallest absolute Gasteiger partial charge is 0.0188 e. The van der Waals surface area contributed by atoms with Crippen LogP contribution in [0.15, 0.2) is 45.4 Å². The lowest BCUT2D eigenvalue weighted by atomic mass is 9.82. The van der Waals surface area contributed by atoms with Gasteiger partial charge in [-0.25, -0.2) is 0 Å². The number of allylic oxidation sites excluding steroid dienone is 4. The number of thioether (sulfide) groups is 1. The molecule has 0 bridgehead atoms. The molecular formula is C14H12Br2S. The highest BCUT2D eigenvalue weighted by Gasteiger charge is 2.26. The lowest BCUT2D eigenvalue weighted by Gasteiger charge is -2.24. The van der Waals surface area contributed by atoms with Crippen molar-refractivity contribution in [2.75, 3.05) is 5.75 Å². The Bertz CT molecular complexity index is 505. The standard InChI is InChI=1S/C14H12Br2S/c15-11-1-3-13-9(5-11)7-17-8-10-6-12(16)2-4-14(10)13/h1-6,9,13H,7-8H2. The minimum atomic E-state index is 0.550. The van der Waals surface area contributed by atoms with Gasteiger partial charge in [0.15, 0.2) is 0 Å². The third kappa shape index (κ3) is 2.42. The van der Waals surface area contributed by atoms with Crippen molar-refractivity contribution < 1.29 is 0 Å². The van der Waals surface area contributed by atoms with E-state index in [4.69, 9.17) is 0 Å². The zero-order chi connectivity index (χ0) is 11.8. The van der Waals surface area contributed by atoms with Crippen LogP contribution in [0.4, 0.5) is 0 Å². The minimum absolute atomic E-state index is 0.550. The first-order valence-electron chi connectivity index (χ1n) is 5.65. The van der Waals surface area contributed by atoms with Gasteiger partial charge >= 0.3 is 0 Å². The fourth-order valence-electron chi connectivity index (χ4n) is 2.52. The van der Waals surface area contributed by atoms with Crippen LogP contribution >= 0.6 is 43.6 Å². The van der Waals surface area contributed by atoms with Crippen LogP contribution in [-0.2, 0) is 5.75 Å². The Morgan fingerprint density at radius 1 is 1.24 bits per heavy atom. The third-order valence-corrected chi connectivity index (χ3v) is 5.49. The summed E-state index contributed by atoms with van der Waals surface area (Å²) >= 11 is 9.19. The number of hydrogen-bond donors (Lipinski definition) is 0. The predicted molar refractivity (Wildman–Crippen MR) is 82.7 cm³/mol. The summed E-state index contributed by atoms with van der Waals surface area (Å²) in [4.78, 5) is 0. The Labute approximate surface area is 123 Å². The van der Waals surface area contributed by atoms with Crippen LogP contribution < -0.4 is 0 Å². The average molecular weight is 372 g/mol. The molecule has 0 spiro atoms. The van der Waals surface area contributed by atoms with Crippen LogP contribution in [0.5, 0.6) is 0 Å². The van der Waals surface area contributed by atoms with E-state index in [-0.39, 0.29) is 0 Å². The minimum Gasteiger partial charge on any atom is -0.157 e. The maximum atomic E-state index is 3.58. The molecule has 0 radical (unpaired) electrons. The van der Waals surface area contributed by atoms with Crippen molar-refractivity contribution in [3.63, 3.8) is 0 Å². The second kappa shape index (κ2) is 4.94. The van der Waals surface area contributed by atoms with E-state index in [1.54, 1.807) is 0 Å². The molecule has 0 nitrogen and oxygen atoms in total. The Balaban J connectivity index is 2.06. The van der Waals surface area contributed by atoms with Crippen LogP contribution in [0.1, 0.15) is 17.0 Å². The zero-order valence-electron chi connectivity index (χ0n) is 9.20. The Morgan fingerprint density at radius 2 is 2.12 bits per heavy atom. The molecule has 2 aliphatic rings. The van der Waals surface area contributed by atoms with Gasteiger partial charge in [0.2, 0.25) is 0 Å². The number of rotatable bonds is 0. The van der Waals surface area contributed by atoms with Crippen molar-refractivity contribution in [1.29, 1.82) is 0 Å². The molecule has 0 amide bonds. The summed E-state index contributed by atoms with van der Waals surface area (Å²) in [6.45, 7) is 0. The molecular weight excluding hydrogens is 360 g/mol. The maximum Gasteiger partial charge on any atom is 0.0188 e. The zero-order valence-corrected chi connectivity index (χ0v) is 13.2. The molecule has 1 heterocycles. The van der Waals surface area contributed by atoms with Crippen LogP contribution in [0, 0.1) is 5.92 Å². The van der Waals surface area contributed by atoms with Crippen LogP contribution in [0.3, 0.4) is 0 Å². The number of benzene rings is 1. The number of fused-ring (bicyclic) bond motifs is 3. The first kappa shape index (κ1) is 12.1. The molecule has 0 saturated heterocycles. The Hall–Kier alpha value is 0.01000. The van der Waals surface area contributed by atoms with Crippen molar-refractivity contribution in [3.05, 3.63) is 56.5 Å². The number of hydrogen-bond acceptors (Lipinski definition) is 1. The van der Waals surface area contributed by atoms with Gasteiger partial charge in [-0.1, -0.05) is 56.2 Å². The van der Waals surface area contributed by atoms with Gasteiger partial charge in [-0.3, -0.25) is 0 Å². The van der Waals surface area contributed by atoms with Crippen LogP contribution in [-0.4, -0.2) is 5.75 Å². The summed E-state index contributed by atoms with van der Waals surface area (Å²) in [5.74, 6) is 3.51. The highest BCUT2D eigenvalue weighted by Crippen LogP contribution is 2.41. The third-order valence-electron chi connectivity index (χ3n) is 3.33. The lowest BCUT2D eigenvalue weighted by molar-refractivity contribution is 0.646. The molecule has 3 rings (SSSR count). The van der Waals surface area contributed by atoms with Gasteiger partial charge in [0.25, 0.3) is 0 Å². The van der Waals surface area contributed by atoms with E-state index in [0.29, 0.717) is 11.8 Å². The maximum absolute atomic E-state index is 3.58. The van der Waals surface area contributed by atoms with E-state index in [9.17, 15) is 0 Å². The van der Waals surface area contributed by atoms with Crippen molar-refractivity contribution in [2.45, 2.75) is 11.7 Å². The van der Waals surface area contributed by atoms with Gasteiger partial charge in [0.1, 0.15) is 0 Å². The molecule has 0 fully saturated rings. The lowest BCUT2D eigenvalue weighted by Crippen LogP contribution is -2.13. The molecule has 1 aliphatic heterocycles. The second-order valence-electron chi connectivity index (χ2n) is 4.46. The van der Waals surface area contributed by atoms with Gasteiger partial charge in [-0.15, -0.1) is 0 Å². The van der Waals surface area contributed by atoms with E-state index in [0.717, 1.165) is 5.75 Å². The molecule has 2 unspecified atom stereocenters. The second-order valence-corrected chi connectivity index (χ2v) is 7.32. The first-order valence-corrected chi connectivity index (χ1v) is 8.40. The molecule has 1 aliphatic carbocycles. The fourth-order valence-corrected chi connectivity index (χ4v) is 4.58. The van der Waals surface area contributed by atoms with E-state index >= 15 is 0 Å². The Morgan fingerprint density at radius 3 is 3.00 bits per heavy atom. The first-order chi connectivity index (χ1) is 8.24. The quantitative estimate of drug-likeness (QED) is 0.600. The van der Waals surface area contributed by atoms with Crippen LogP contribution in [0.25, 0.3) is 0 Å². The SMILES string of the molecule is BrC1=CC2CSCc3cc(Br)ccc3C2C=C1. The van der Waals surface area contributed by atoms with E-state index in [1.165, 1.54) is 25.8 Å². The highest BCUT2D eigenvalue weighted by molar-refractivity contribution is 9.12. The van der Waals surface area contributed by atoms with E-state index < -0.39 is 0 Å². The summed E-state index contributed by atoms with van der Waals surface area (Å²) in [6.07, 6.45) is 6.88. The normalized spacial score (nSPS) is 26.8. The molecule has 1 aromatic rings. The van der Waals surface area contributed by atoms with Gasteiger partial charge in [0, 0.05) is 26.4 Å². The molecule has 0 aromatic heterocycles. The summed E-state index contributed by atoms with van der Waals surface area (Å²) in [5, 5.41) is 0. The average Bonchev–Trinajstić information content (AvgIpc) is 2.47. The highest BCUT2D eigenvalue weighted by atomic mass is 79.9. The summed E-state index contributed by atoms with van der Waals surface area (Å²) in [5.41, 5.74) is 2.98. The summed E-state index contributed by atoms with van der Waals surface area (Å²) in [6, 6.07) is 6.71. The van der Waals surface area contributed by atoms with Crippen molar-refractivity contribution >= 4 is 43.6 Å². The summed E-state index contributed by atoms with van der Waals surface area (Å²) in [7, 11) is 0. The van der Waals surface area contributed by atoms with Gasteiger partial charge in [0.05, 0.1) is 0 Å². The summed E-state index contributed by atoms with van der Waals surface area (Å²) < 4.78 is 2.41. The number of halogens is 2. The van der Waals surface area contributed by atoms with Crippen LogP contribution in [0.2, 0.25) is 0 Å². The Kier molecular flexibility index (Phi) is 3.51. The molecule has 3 heteroatoms. The van der Waals surface area contributed by atoms with E-state index in [2.05, 4.69) is 68.3 Å². The predicted octanol–water partition coefficient (Wildman–Crippen LogP) is 5.24. The molecule has 0 saturated carbocycles. The van der Waals surface area contributed by atoms with Crippen molar-refractivity contribution in [2.24, 2.45) is 5.92 Å². The van der Waals surface area contributed by atoms with Gasteiger partial charge in [-0.2, -0.15) is 11.8 Å². The fraction of sp³-hybridized carbons (Fsp3) is 0.286. The topological polar surface area (TPSA) is 0 Å². The molecule has 2 atom stereocenters. The van der Waals surface area contributed by atoms with Gasteiger partial charge < -0.3 is 0 Å². The molecule has 88 valence electrons. The molecule has 1 aromatic carbocycles. The van der Waals surface area contributed by atoms with Crippen molar-refractivity contribution in [1.82, 2.24) is 0 Å².